The van der Waals surface area contributed by atoms with Crippen LogP contribution in [0.15, 0.2) is 35.4 Å². The van der Waals surface area contributed by atoms with Crippen molar-refractivity contribution in [3.05, 3.63) is 47.3 Å². The Labute approximate surface area is 158 Å². The number of aromatic nitrogens is 2. The van der Waals surface area contributed by atoms with E-state index in [9.17, 15) is 13.7 Å². The normalized spacial score (nSPS) is 18.0. The molecule has 0 amide bonds. The van der Waals surface area contributed by atoms with Gasteiger partial charge in [0.25, 0.3) is 0 Å². The molecule has 0 saturated carbocycles. The number of nitrogens with zero attached hydrogens (tertiary/aromatic N) is 5. The fourth-order valence-corrected chi connectivity index (χ4v) is 4.86. The number of sulfonamides is 1. The Balaban J connectivity index is 1.63. The van der Waals surface area contributed by atoms with Crippen LogP contribution in [0.2, 0.25) is 0 Å². The Kier molecular flexibility index (Phi) is 4.78. The molecule has 0 spiro atoms. The summed E-state index contributed by atoms with van der Waals surface area (Å²) in [6, 6.07) is 8.24. The van der Waals surface area contributed by atoms with Crippen LogP contribution in [0.5, 0.6) is 0 Å². The lowest BCUT2D eigenvalue weighted by Gasteiger charge is -2.30. The SMILES string of the molecule is N#Cc1ccccc1S(=O)(=O)N1CCc2cnc(N3CCOCC3)nc2C1. The highest BCUT2D eigenvalue weighted by atomic mass is 32.2. The summed E-state index contributed by atoms with van der Waals surface area (Å²) in [5.74, 6) is 0.605. The molecule has 0 bridgehead atoms. The molecular formula is C18H19N5O3S. The van der Waals surface area contributed by atoms with Crippen molar-refractivity contribution in [3.8, 4) is 6.07 Å². The predicted molar refractivity (Wildman–Crippen MR) is 97.5 cm³/mol. The number of rotatable bonds is 3. The summed E-state index contributed by atoms with van der Waals surface area (Å²) in [7, 11) is -3.77. The summed E-state index contributed by atoms with van der Waals surface area (Å²) in [6.45, 7) is 3.22. The standard InChI is InChI=1S/C18H19N5O3S/c19-11-14-3-1-2-4-17(14)27(24,25)23-6-5-15-12-20-18(21-16(15)13-23)22-7-9-26-10-8-22/h1-4,12H,5-10,13H2. The second kappa shape index (κ2) is 7.23. The van der Waals surface area contributed by atoms with Gasteiger partial charge in [0.15, 0.2) is 0 Å². The van der Waals surface area contributed by atoms with Crippen LogP contribution in [0, 0.1) is 11.3 Å². The zero-order chi connectivity index (χ0) is 18.9. The summed E-state index contributed by atoms with van der Waals surface area (Å²) < 4.78 is 32.9. The van der Waals surface area contributed by atoms with Gasteiger partial charge in [-0.1, -0.05) is 12.1 Å². The number of benzene rings is 1. The summed E-state index contributed by atoms with van der Waals surface area (Å²) in [5, 5.41) is 9.25. The van der Waals surface area contributed by atoms with E-state index in [0.717, 1.165) is 24.3 Å². The molecule has 0 unspecified atom stereocenters. The first-order chi connectivity index (χ1) is 13.1. The predicted octanol–water partition coefficient (Wildman–Crippen LogP) is 0.932. The molecule has 2 aromatic rings. The Morgan fingerprint density at radius 1 is 1.15 bits per heavy atom. The molecule has 2 aliphatic rings. The molecule has 1 aromatic carbocycles. The molecule has 3 heterocycles. The van der Waals surface area contributed by atoms with Crippen molar-refractivity contribution >= 4 is 16.0 Å². The topological polar surface area (TPSA) is 99.4 Å². The van der Waals surface area contributed by atoms with E-state index < -0.39 is 10.0 Å². The van der Waals surface area contributed by atoms with E-state index in [-0.39, 0.29) is 17.0 Å². The van der Waals surface area contributed by atoms with Gasteiger partial charge < -0.3 is 9.64 Å². The van der Waals surface area contributed by atoms with Crippen molar-refractivity contribution in [2.45, 2.75) is 17.9 Å². The summed E-state index contributed by atoms with van der Waals surface area (Å²) >= 11 is 0. The van der Waals surface area contributed by atoms with Gasteiger partial charge >= 0.3 is 0 Å². The highest BCUT2D eigenvalue weighted by Crippen LogP contribution is 2.26. The Bertz CT molecular complexity index is 996. The first-order valence-corrected chi connectivity index (χ1v) is 10.2. The Morgan fingerprint density at radius 3 is 2.70 bits per heavy atom. The van der Waals surface area contributed by atoms with Crippen LogP contribution in [-0.2, 0) is 27.7 Å². The van der Waals surface area contributed by atoms with Crippen molar-refractivity contribution in [1.82, 2.24) is 14.3 Å². The lowest BCUT2D eigenvalue weighted by atomic mass is 10.1. The fraction of sp³-hybridized carbons (Fsp3) is 0.389. The quantitative estimate of drug-likeness (QED) is 0.775. The molecule has 9 heteroatoms. The monoisotopic (exact) mass is 385 g/mol. The number of hydrogen-bond acceptors (Lipinski definition) is 7. The second-order valence-corrected chi connectivity index (χ2v) is 8.34. The molecule has 0 radical (unpaired) electrons. The summed E-state index contributed by atoms with van der Waals surface area (Å²) in [6.07, 6.45) is 2.34. The number of nitriles is 1. The Hall–Kier alpha value is -2.54. The van der Waals surface area contributed by atoms with Crippen molar-refractivity contribution in [1.29, 1.82) is 5.26 Å². The Morgan fingerprint density at radius 2 is 1.93 bits per heavy atom. The van der Waals surface area contributed by atoms with Gasteiger partial charge in [-0.05, 0) is 24.1 Å². The third-order valence-corrected chi connectivity index (χ3v) is 6.72. The smallest absolute Gasteiger partial charge is 0.244 e. The van der Waals surface area contributed by atoms with E-state index in [1.165, 1.54) is 16.4 Å². The molecule has 140 valence electrons. The van der Waals surface area contributed by atoms with Crippen LogP contribution in [-0.4, -0.2) is 55.5 Å². The molecule has 4 rings (SSSR count). The summed E-state index contributed by atoms with van der Waals surface area (Å²) in [5.41, 5.74) is 1.84. The van der Waals surface area contributed by atoms with E-state index in [1.54, 1.807) is 18.3 Å². The van der Waals surface area contributed by atoms with Crippen molar-refractivity contribution in [2.75, 3.05) is 37.7 Å². The molecule has 0 atom stereocenters. The van der Waals surface area contributed by atoms with Crippen LogP contribution >= 0.6 is 0 Å². The van der Waals surface area contributed by atoms with E-state index in [2.05, 4.69) is 9.97 Å². The highest BCUT2D eigenvalue weighted by Gasteiger charge is 2.31. The minimum atomic E-state index is -3.77. The minimum absolute atomic E-state index is 0.0402. The molecule has 1 aromatic heterocycles. The average Bonchev–Trinajstić information content (AvgIpc) is 2.73. The van der Waals surface area contributed by atoms with Gasteiger partial charge in [0.2, 0.25) is 16.0 Å². The van der Waals surface area contributed by atoms with E-state index >= 15 is 0 Å². The maximum Gasteiger partial charge on any atom is 0.244 e. The maximum atomic E-state index is 13.1. The highest BCUT2D eigenvalue weighted by molar-refractivity contribution is 7.89. The number of fused-ring (bicyclic) bond motifs is 1. The molecule has 1 saturated heterocycles. The lowest BCUT2D eigenvalue weighted by molar-refractivity contribution is 0.122. The van der Waals surface area contributed by atoms with Gasteiger partial charge in [-0.3, -0.25) is 0 Å². The van der Waals surface area contributed by atoms with E-state index in [4.69, 9.17) is 4.74 Å². The maximum absolute atomic E-state index is 13.1. The molecule has 8 nitrogen and oxygen atoms in total. The van der Waals surface area contributed by atoms with Gasteiger partial charge in [0.05, 0.1) is 35.9 Å². The van der Waals surface area contributed by atoms with Gasteiger partial charge in [0.1, 0.15) is 6.07 Å². The zero-order valence-corrected chi connectivity index (χ0v) is 15.5. The van der Waals surface area contributed by atoms with Crippen LogP contribution in [0.1, 0.15) is 16.8 Å². The van der Waals surface area contributed by atoms with Crippen LogP contribution in [0.3, 0.4) is 0 Å². The molecule has 0 aliphatic carbocycles. The minimum Gasteiger partial charge on any atom is -0.378 e. The number of morpholine rings is 1. The van der Waals surface area contributed by atoms with Gasteiger partial charge in [-0.25, -0.2) is 18.4 Å². The first kappa shape index (κ1) is 17.9. The largest absolute Gasteiger partial charge is 0.378 e. The van der Waals surface area contributed by atoms with Gasteiger partial charge in [-0.2, -0.15) is 9.57 Å². The zero-order valence-electron chi connectivity index (χ0n) is 14.7. The van der Waals surface area contributed by atoms with E-state index in [1.807, 2.05) is 11.0 Å². The third-order valence-electron chi connectivity index (χ3n) is 4.82. The molecule has 27 heavy (non-hydrogen) atoms. The number of hydrogen-bond donors (Lipinski definition) is 0. The van der Waals surface area contributed by atoms with Crippen LogP contribution in [0.4, 0.5) is 5.95 Å². The molecule has 2 aliphatic heterocycles. The molecule has 1 fully saturated rings. The lowest BCUT2D eigenvalue weighted by Crippen LogP contribution is -2.39. The van der Waals surface area contributed by atoms with Crippen molar-refractivity contribution in [3.63, 3.8) is 0 Å². The number of ether oxygens (including phenoxy) is 1. The first-order valence-electron chi connectivity index (χ1n) is 8.76. The van der Waals surface area contributed by atoms with Crippen molar-refractivity contribution < 1.29 is 13.2 Å². The van der Waals surface area contributed by atoms with Gasteiger partial charge in [-0.15, -0.1) is 0 Å². The van der Waals surface area contributed by atoms with E-state index in [0.29, 0.717) is 32.1 Å². The van der Waals surface area contributed by atoms with Crippen LogP contribution in [0.25, 0.3) is 0 Å². The van der Waals surface area contributed by atoms with Crippen molar-refractivity contribution in [2.24, 2.45) is 0 Å². The van der Waals surface area contributed by atoms with Crippen LogP contribution < -0.4 is 4.90 Å². The number of anilines is 1. The summed E-state index contributed by atoms with van der Waals surface area (Å²) in [4.78, 5) is 11.1. The molecular weight excluding hydrogens is 366 g/mol. The van der Waals surface area contributed by atoms with Gasteiger partial charge in [0, 0.05) is 25.8 Å². The third kappa shape index (κ3) is 3.39. The average molecular weight is 385 g/mol. The fourth-order valence-electron chi connectivity index (χ4n) is 3.31. The second-order valence-electron chi connectivity index (χ2n) is 6.44. The molecule has 0 N–H and O–H groups in total.